The van der Waals surface area contributed by atoms with Crippen LogP contribution in [0.25, 0.3) is 0 Å². The third-order valence-corrected chi connectivity index (χ3v) is 3.57. The number of aromatic nitrogens is 2. The lowest BCUT2D eigenvalue weighted by Gasteiger charge is -2.35. The second-order valence-electron chi connectivity index (χ2n) is 4.81. The fourth-order valence-electron chi connectivity index (χ4n) is 2.61. The number of aliphatic hydroxyl groups is 1. The first-order chi connectivity index (χ1) is 8.74. The largest absolute Gasteiger partial charge is 0.395 e. The van der Waals surface area contributed by atoms with Crippen molar-refractivity contribution in [2.45, 2.75) is 45.1 Å². The maximum Gasteiger partial charge on any atom is 0.186 e. The Morgan fingerprint density at radius 1 is 1.33 bits per heavy atom. The highest BCUT2D eigenvalue weighted by molar-refractivity contribution is 5.42. The first kappa shape index (κ1) is 13.2. The van der Waals surface area contributed by atoms with E-state index < -0.39 is 0 Å². The van der Waals surface area contributed by atoms with E-state index in [1.165, 1.54) is 12.7 Å². The van der Waals surface area contributed by atoms with Gasteiger partial charge in [0, 0.05) is 12.6 Å². The molecule has 100 valence electrons. The molecule has 0 bridgehead atoms. The van der Waals surface area contributed by atoms with Crippen LogP contribution in [0.1, 0.15) is 37.8 Å². The summed E-state index contributed by atoms with van der Waals surface area (Å²) in [5.74, 6) is -0.0278. The number of aliphatic hydroxyl groups excluding tert-OH is 1. The van der Waals surface area contributed by atoms with Crippen molar-refractivity contribution in [3.63, 3.8) is 0 Å². The van der Waals surface area contributed by atoms with E-state index in [0.29, 0.717) is 18.1 Å². The Kier molecular flexibility index (Phi) is 4.47. The zero-order valence-electron chi connectivity index (χ0n) is 10.8. The van der Waals surface area contributed by atoms with Gasteiger partial charge < -0.3 is 10.0 Å². The van der Waals surface area contributed by atoms with Crippen molar-refractivity contribution in [2.24, 2.45) is 0 Å². The van der Waals surface area contributed by atoms with Crippen LogP contribution < -0.4 is 4.90 Å². The van der Waals surface area contributed by atoms with Gasteiger partial charge in [-0.3, -0.25) is 0 Å². The van der Waals surface area contributed by atoms with Crippen molar-refractivity contribution in [3.8, 4) is 0 Å². The molecular weight excluding hydrogens is 233 g/mol. The van der Waals surface area contributed by atoms with E-state index in [2.05, 4.69) is 9.97 Å². The average molecular weight is 253 g/mol. The minimum atomic E-state index is -0.364. The van der Waals surface area contributed by atoms with Crippen LogP contribution in [0.3, 0.4) is 0 Å². The quantitative estimate of drug-likeness (QED) is 0.892. The Labute approximate surface area is 107 Å². The van der Waals surface area contributed by atoms with E-state index in [0.717, 1.165) is 25.7 Å². The summed E-state index contributed by atoms with van der Waals surface area (Å²) >= 11 is 0. The monoisotopic (exact) mass is 253 g/mol. The topological polar surface area (TPSA) is 49.2 Å². The van der Waals surface area contributed by atoms with E-state index in [4.69, 9.17) is 0 Å². The minimum Gasteiger partial charge on any atom is -0.395 e. The van der Waals surface area contributed by atoms with E-state index >= 15 is 0 Å². The number of hydrogen-bond donors (Lipinski definition) is 1. The van der Waals surface area contributed by atoms with Crippen LogP contribution in [-0.4, -0.2) is 34.3 Å². The summed E-state index contributed by atoms with van der Waals surface area (Å²) in [6, 6.07) is 0.287. The van der Waals surface area contributed by atoms with Crippen LogP contribution in [0.4, 0.5) is 10.2 Å². The Hall–Kier alpha value is -1.23. The van der Waals surface area contributed by atoms with Gasteiger partial charge in [0.15, 0.2) is 11.6 Å². The molecule has 4 nitrogen and oxygen atoms in total. The summed E-state index contributed by atoms with van der Waals surface area (Å²) in [5, 5.41) is 9.18. The van der Waals surface area contributed by atoms with Crippen LogP contribution >= 0.6 is 0 Å². The minimum absolute atomic E-state index is 0.0129. The Bertz CT molecular complexity index is 394. The van der Waals surface area contributed by atoms with Gasteiger partial charge in [-0.15, -0.1) is 0 Å². The molecule has 0 unspecified atom stereocenters. The van der Waals surface area contributed by atoms with Crippen LogP contribution in [0.15, 0.2) is 6.33 Å². The lowest BCUT2D eigenvalue weighted by Crippen LogP contribution is -2.40. The molecule has 0 saturated heterocycles. The number of aryl methyl sites for hydroxylation is 1. The molecule has 1 fully saturated rings. The lowest BCUT2D eigenvalue weighted by atomic mass is 9.94. The summed E-state index contributed by atoms with van der Waals surface area (Å²) in [5.41, 5.74) is 0.360. The van der Waals surface area contributed by atoms with Gasteiger partial charge in [0.25, 0.3) is 0 Å². The highest BCUT2D eigenvalue weighted by Gasteiger charge is 2.24. The van der Waals surface area contributed by atoms with E-state index in [-0.39, 0.29) is 18.5 Å². The molecule has 18 heavy (non-hydrogen) atoms. The third kappa shape index (κ3) is 2.77. The van der Waals surface area contributed by atoms with Crippen LogP contribution in [0.5, 0.6) is 0 Å². The normalized spacial score (nSPS) is 16.8. The first-order valence-electron chi connectivity index (χ1n) is 6.58. The van der Waals surface area contributed by atoms with Crippen LogP contribution in [0.2, 0.25) is 0 Å². The molecule has 1 aliphatic rings. The van der Waals surface area contributed by atoms with E-state index in [1.54, 1.807) is 6.92 Å². The summed E-state index contributed by atoms with van der Waals surface area (Å²) < 4.78 is 14.1. The van der Waals surface area contributed by atoms with Gasteiger partial charge in [0.05, 0.1) is 12.3 Å². The molecule has 1 saturated carbocycles. The van der Waals surface area contributed by atoms with E-state index in [9.17, 15) is 9.50 Å². The van der Waals surface area contributed by atoms with Gasteiger partial charge in [0.2, 0.25) is 0 Å². The number of nitrogens with zero attached hydrogens (tertiary/aromatic N) is 3. The number of rotatable bonds is 4. The van der Waals surface area contributed by atoms with Gasteiger partial charge in [0.1, 0.15) is 6.33 Å². The molecule has 1 aromatic heterocycles. The summed E-state index contributed by atoms with van der Waals surface area (Å²) in [6.07, 6.45) is 7.05. The Morgan fingerprint density at radius 3 is 2.72 bits per heavy atom. The zero-order chi connectivity index (χ0) is 13.0. The lowest BCUT2D eigenvalue weighted by molar-refractivity contribution is 0.288. The second-order valence-corrected chi connectivity index (χ2v) is 4.81. The van der Waals surface area contributed by atoms with Crippen molar-refractivity contribution in [1.82, 2.24) is 9.97 Å². The average Bonchev–Trinajstić information content (AvgIpc) is 2.41. The molecule has 5 heteroatoms. The molecule has 0 aromatic carbocycles. The standard InChI is InChI=1S/C13H20FN3O/c1-10-12(14)13(16-9-15-10)17(7-8-18)11-5-3-2-4-6-11/h9,11,18H,2-8H2,1H3. The molecule has 1 aliphatic carbocycles. The molecule has 1 aromatic rings. The van der Waals surface area contributed by atoms with Crippen LogP contribution in [-0.2, 0) is 0 Å². The van der Waals surface area contributed by atoms with Gasteiger partial charge in [-0.2, -0.15) is 0 Å². The molecular formula is C13H20FN3O. The highest BCUT2D eigenvalue weighted by atomic mass is 19.1. The molecule has 0 amide bonds. The molecule has 0 atom stereocenters. The fraction of sp³-hybridized carbons (Fsp3) is 0.692. The van der Waals surface area contributed by atoms with Gasteiger partial charge in [-0.05, 0) is 19.8 Å². The zero-order valence-corrected chi connectivity index (χ0v) is 10.8. The predicted molar refractivity (Wildman–Crippen MR) is 68.0 cm³/mol. The van der Waals surface area contributed by atoms with Crippen molar-refractivity contribution < 1.29 is 9.50 Å². The van der Waals surface area contributed by atoms with Crippen molar-refractivity contribution in [3.05, 3.63) is 17.8 Å². The van der Waals surface area contributed by atoms with Crippen molar-refractivity contribution in [1.29, 1.82) is 0 Å². The summed E-state index contributed by atoms with van der Waals surface area (Å²) in [6.45, 7) is 2.08. The van der Waals surface area contributed by atoms with Gasteiger partial charge >= 0.3 is 0 Å². The SMILES string of the molecule is Cc1ncnc(N(CCO)C2CCCCC2)c1F. The van der Waals surface area contributed by atoms with Gasteiger partial charge in [-0.25, -0.2) is 14.4 Å². The van der Waals surface area contributed by atoms with Crippen molar-refractivity contribution in [2.75, 3.05) is 18.1 Å². The Balaban J connectivity index is 2.25. The smallest absolute Gasteiger partial charge is 0.186 e. The summed E-state index contributed by atoms with van der Waals surface area (Å²) in [4.78, 5) is 9.82. The third-order valence-electron chi connectivity index (χ3n) is 3.57. The summed E-state index contributed by atoms with van der Waals surface area (Å²) in [7, 11) is 0. The molecule has 1 heterocycles. The maximum atomic E-state index is 14.1. The molecule has 0 aliphatic heterocycles. The number of anilines is 1. The van der Waals surface area contributed by atoms with Crippen molar-refractivity contribution >= 4 is 5.82 Å². The second kappa shape index (κ2) is 6.09. The number of hydrogen-bond acceptors (Lipinski definition) is 4. The van der Waals surface area contributed by atoms with Crippen LogP contribution in [0, 0.1) is 12.7 Å². The fourth-order valence-corrected chi connectivity index (χ4v) is 2.61. The van der Waals surface area contributed by atoms with E-state index in [1.807, 2.05) is 4.90 Å². The molecule has 2 rings (SSSR count). The first-order valence-corrected chi connectivity index (χ1v) is 6.58. The molecule has 0 radical (unpaired) electrons. The molecule has 1 N–H and O–H groups in total. The maximum absolute atomic E-state index is 14.1. The highest BCUT2D eigenvalue weighted by Crippen LogP contribution is 2.27. The molecule has 0 spiro atoms. The number of halogens is 1. The Morgan fingerprint density at radius 2 is 2.06 bits per heavy atom. The van der Waals surface area contributed by atoms with Gasteiger partial charge in [-0.1, -0.05) is 19.3 Å². The predicted octanol–water partition coefficient (Wildman–Crippen LogP) is 2.06.